The van der Waals surface area contributed by atoms with Crippen LogP contribution in [0.1, 0.15) is 17.3 Å². The first-order valence-corrected chi connectivity index (χ1v) is 7.15. The molecular formula is C15H18ClN3O2. The summed E-state index contributed by atoms with van der Waals surface area (Å²) in [7, 11) is 1.78. The van der Waals surface area contributed by atoms with E-state index in [1.807, 2.05) is 25.1 Å². The van der Waals surface area contributed by atoms with E-state index in [-0.39, 0.29) is 5.91 Å². The van der Waals surface area contributed by atoms with Gasteiger partial charge in [0.1, 0.15) is 5.69 Å². The molecule has 21 heavy (non-hydrogen) atoms. The van der Waals surface area contributed by atoms with Gasteiger partial charge >= 0.3 is 0 Å². The average molecular weight is 308 g/mol. The maximum absolute atomic E-state index is 12.3. The van der Waals surface area contributed by atoms with Crippen LogP contribution in [0, 0.1) is 0 Å². The third-order valence-corrected chi connectivity index (χ3v) is 3.27. The van der Waals surface area contributed by atoms with Crippen LogP contribution in [0.3, 0.4) is 0 Å². The van der Waals surface area contributed by atoms with E-state index in [2.05, 4.69) is 10.4 Å². The van der Waals surface area contributed by atoms with Gasteiger partial charge in [-0.2, -0.15) is 5.10 Å². The Balaban J connectivity index is 2.21. The van der Waals surface area contributed by atoms with Crippen LogP contribution in [0.15, 0.2) is 30.5 Å². The Kier molecular flexibility index (Phi) is 5.36. The van der Waals surface area contributed by atoms with Crippen LogP contribution in [0.4, 0.5) is 0 Å². The number of aryl methyl sites for hydroxylation is 1. The lowest BCUT2D eigenvalue weighted by Crippen LogP contribution is -2.27. The van der Waals surface area contributed by atoms with Gasteiger partial charge in [-0.3, -0.25) is 9.48 Å². The average Bonchev–Trinajstić information content (AvgIpc) is 2.86. The predicted octanol–water partition coefficient (Wildman–Crippen LogP) is 2.51. The maximum atomic E-state index is 12.3. The van der Waals surface area contributed by atoms with E-state index in [0.29, 0.717) is 36.0 Å². The highest BCUT2D eigenvalue weighted by Gasteiger charge is 2.18. The third-order valence-electron chi connectivity index (χ3n) is 2.94. The minimum atomic E-state index is -0.183. The number of carbonyl (C=O) groups is 1. The third kappa shape index (κ3) is 3.83. The zero-order chi connectivity index (χ0) is 15.2. The van der Waals surface area contributed by atoms with Crippen molar-refractivity contribution in [1.82, 2.24) is 15.1 Å². The van der Waals surface area contributed by atoms with Crippen molar-refractivity contribution in [3.63, 3.8) is 0 Å². The fourth-order valence-electron chi connectivity index (χ4n) is 1.98. The van der Waals surface area contributed by atoms with E-state index < -0.39 is 0 Å². The number of ether oxygens (including phenoxy) is 1. The summed E-state index contributed by atoms with van der Waals surface area (Å²) in [5.41, 5.74) is 1.83. The number of halogens is 1. The smallest absolute Gasteiger partial charge is 0.255 e. The van der Waals surface area contributed by atoms with Gasteiger partial charge in [0.25, 0.3) is 5.91 Å². The molecule has 0 atom stereocenters. The number of nitrogens with one attached hydrogen (secondary N) is 1. The topological polar surface area (TPSA) is 56.1 Å². The monoisotopic (exact) mass is 307 g/mol. The summed E-state index contributed by atoms with van der Waals surface area (Å²) in [6.45, 7) is 3.50. The van der Waals surface area contributed by atoms with Gasteiger partial charge in [-0.05, 0) is 13.0 Å². The molecule has 112 valence electrons. The molecule has 1 aromatic carbocycles. The molecule has 1 N–H and O–H groups in total. The van der Waals surface area contributed by atoms with Crippen LogP contribution in [-0.4, -0.2) is 35.4 Å². The molecule has 0 fully saturated rings. The summed E-state index contributed by atoms with van der Waals surface area (Å²) < 4.78 is 6.81. The van der Waals surface area contributed by atoms with E-state index in [9.17, 15) is 4.79 Å². The van der Waals surface area contributed by atoms with Gasteiger partial charge in [-0.15, -0.1) is 0 Å². The second-order valence-corrected chi connectivity index (χ2v) is 4.90. The Hall–Kier alpha value is -1.85. The molecule has 0 aliphatic rings. The summed E-state index contributed by atoms with van der Waals surface area (Å²) >= 11 is 6.19. The largest absolute Gasteiger partial charge is 0.380 e. The lowest BCUT2D eigenvalue weighted by Gasteiger charge is -2.06. The molecule has 0 saturated heterocycles. The van der Waals surface area contributed by atoms with Crippen molar-refractivity contribution in [2.75, 3.05) is 19.8 Å². The van der Waals surface area contributed by atoms with Gasteiger partial charge in [-0.25, -0.2) is 0 Å². The standard InChI is InChI=1S/C15H18ClN3O2/c1-3-21-9-8-17-15(20)12-10-19(2)18-14(12)11-6-4-5-7-13(11)16/h4-7,10H,3,8-9H2,1-2H3,(H,17,20). The van der Waals surface area contributed by atoms with Crippen molar-refractivity contribution in [1.29, 1.82) is 0 Å². The maximum Gasteiger partial charge on any atom is 0.255 e. The lowest BCUT2D eigenvalue weighted by atomic mass is 10.1. The normalized spacial score (nSPS) is 10.6. The molecule has 2 rings (SSSR count). The van der Waals surface area contributed by atoms with Gasteiger partial charge < -0.3 is 10.1 Å². The summed E-state index contributed by atoms with van der Waals surface area (Å²) in [4.78, 5) is 12.3. The lowest BCUT2D eigenvalue weighted by molar-refractivity contribution is 0.0923. The quantitative estimate of drug-likeness (QED) is 0.834. The number of carbonyl (C=O) groups excluding carboxylic acids is 1. The summed E-state index contributed by atoms with van der Waals surface area (Å²) in [5, 5.41) is 7.73. The molecule has 5 nitrogen and oxygen atoms in total. The summed E-state index contributed by atoms with van der Waals surface area (Å²) in [5.74, 6) is -0.183. The minimum absolute atomic E-state index is 0.183. The molecule has 0 aliphatic heterocycles. The number of aromatic nitrogens is 2. The zero-order valence-electron chi connectivity index (χ0n) is 12.1. The van der Waals surface area contributed by atoms with E-state index in [1.165, 1.54) is 0 Å². The number of rotatable bonds is 6. The molecule has 0 radical (unpaired) electrons. The van der Waals surface area contributed by atoms with E-state index in [4.69, 9.17) is 16.3 Å². The zero-order valence-corrected chi connectivity index (χ0v) is 12.9. The van der Waals surface area contributed by atoms with Crippen molar-refractivity contribution in [2.45, 2.75) is 6.92 Å². The van der Waals surface area contributed by atoms with E-state index >= 15 is 0 Å². The molecule has 0 aliphatic carbocycles. The molecule has 0 unspecified atom stereocenters. The second kappa shape index (κ2) is 7.24. The SMILES string of the molecule is CCOCCNC(=O)c1cn(C)nc1-c1ccccc1Cl. The van der Waals surface area contributed by atoms with Crippen LogP contribution in [0.2, 0.25) is 5.02 Å². The Morgan fingerprint density at radius 1 is 1.43 bits per heavy atom. The highest BCUT2D eigenvalue weighted by Crippen LogP contribution is 2.28. The van der Waals surface area contributed by atoms with Crippen LogP contribution < -0.4 is 5.32 Å². The Morgan fingerprint density at radius 2 is 2.19 bits per heavy atom. The highest BCUT2D eigenvalue weighted by atomic mass is 35.5. The first kappa shape index (κ1) is 15.5. The number of amides is 1. The number of hydrogen-bond acceptors (Lipinski definition) is 3. The van der Waals surface area contributed by atoms with Gasteiger partial charge in [-0.1, -0.05) is 29.8 Å². The fraction of sp³-hybridized carbons (Fsp3) is 0.333. The molecule has 1 amide bonds. The van der Waals surface area contributed by atoms with E-state index in [0.717, 1.165) is 5.56 Å². The van der Waals surface area contributed by atoms with Crippen molar-refractivity contribution in [2.24, 2.45) is 7.05 Å². The van der Waals surface area contributed by atoms with Crippen molar-refractivity contribution in [3.05, 3.63) is 41.0 Å². The minimum Gasteiger partial charge on any atom is -0.380 e. The van der Waals surface area contributed by atoms with Crippen molar-refractivity contribution in [3.8, 4) is 11.3 Å². The molecular weight excluding hydrogens is 290 g/mol. The molecule has 0 saturated carbocycles. The van der Waals surface area contributed by atoms with Crippen LogP contribution in [0.5, 0.6) is 0 Å². The molecule has 0 spiro atoms. The number of benzene rings is 1. The van der Waals surface area contributed by atoms with E-state index in [1.54, 1.807) is 24.0 Å². The van der Waals surface area contributed by atoms with Gasteiger partial charge in [0.15, 0.2) is 0 Å². The second-order valence-electron chi connectivity index (χ2n) is 4.50. The first-order chi connectivity index (χ1) is 10.1. The van der Waals surface area contributed by atoms with Crippen molar-refractivity contribution < 1.29 is 9.53 Å². The molecule has 1 aromatic heterocycles. The predicted molar refractivity (Wildman–Crippen MR) is 82.5 cm³/mol. The van der Waals surface area contributed by atoms with Gasteiger partial charge in [0.2, 0.25) is 0 Å². The van der Waals surface area contributed by atoms with Crippen LogP contribution in [0.25, 0.3) is 11.3 Å². The molecule has 0 bridgehead atoms. The molecule has 2 aromatic rings. The summed E-state index contributed by atoms with van der Waals surface area (Å²) in [6.07, 6.45) is 1.69. The van der Waals surface area contributed by atoms with Gasteiger partial charge in [0.05, 0.1) is 17.2 Å². The first-order valence-electron chi connectivity index (χ1n) is 6.78. The number of hydrogen-bond donors (Lipinski definition) is 1. The fourth-order valence-corrected chi connectivity index (χ4v) is 2.21. The molecule has 1 heterocycles. The highest BCUT2D eigenvalue weighted by molar-refractivity contribution is 6.33. The van der Waals surface area contributed by atoms with Crippen LogP contribution >= 0.6 is 11.6 Å². The van der Waals surface area contributed by atoms with Gasteiger partial charge in [0, 0.05) is 32.0 Å². The Labute approximate surface area is 128 Å². The van der Waals surface area contributed by atoms with Crippen LogP contribution in [-0.2, 0) is 11.8 Å². The summed E-state index contributed by atoms with van der Waals surface area (Å²) in [6, 6.07) is 7.34. The van der Waals surface area contributed by atoms with Crippen molar-refractivity contribution >= 4 is 17.5 Å². The Morgan fingerprint density at radius 3 is 2.90 bits per heavy atom. The number of nitrogens with zero attached hydrogens (tertiary/aromatic N) is 2. The molecule has 6 heteroatoms. The Bertz CT molecular complexity index is 625.